The molecule has 7 heteroatoms. The van der Waals surface area contributed by atoms with Gasteiger partial charge in [0.05, 0.1) is 24.3 Å². The second-order valence-electron chi connectivity index (χ2n) is 5.32. The number of ether oxygens (including phenoxy) is 2. The SMILES string of the molecule is CCOc1ccc(Cl)c(C(=O)Nc2cc(C)c(C)c(C(=O)OC)c2)n1. The van der Waals surface area contributed by atoms with Crippen molar-refractivity contribution >= 4 is 29.2 Å². The average Bonchev–Trinajstić information content (AvgIpc) is 2.59. The maximum atomic E-state index is 12.5. The van der Waals surface area contributed by atoms with E-state index in [2.05, 4.69) is 10.3 Å². The number of rotatable bonds is 5. The van der Waals surface area contributed by atoms with Gasteiger partial charge in [-0.25, -0.2) is 9.78 Å². The molecular formula is C18H19ClN2O4. The Balaban J connectivity index is 2.34. The lowest BCUT2D eigenvalue weighted by molar-refractivity contribution is 0.0599. The third kappa shape index (κ3) is 4.28. The van der Waals surface area contributed by atoms with Crippen LogP contribution in [0.25, 0.3) is 0 Å². The highest BCUT2D eigenvalue weighted by Gasteiger charge is 2.17. The summed E-state index contributed by atoms with van der Waals surface area (Å²) >= 11 is 6.07. The number of esters is 1. The van der Waals surface area contributed by atoms with Gasteiger partial charge in [-0.2, -0.15) is 0 Å². The number of nitrogens with one attached hydrogen (secondary N) is 1. The number of methoxy groups -OCH3 is 1. The number of benzene rings is 1. The molecule has 0 aliphatic carbocycles. The Morgan fingerprint density at radius 1 is 1.24 bits per heavy atom. The topological polar surface area (TPSA) is 77.5 Å². The largest absolute Gasteiger partial charge is 0.478 e. The van der Waals surface area contributed by atoms with Gasteiger partial charge in [0.1, 0.15) is 0 Å². The molecule has 0 radical (unpaired) electrons. The molecule has 25 heavy (non-hydrogen) atoms. The normalized spacial score (nSPS) is 10.3. The zero-order valence-corrected chi connectivity index (χ0v) is 15.2. The van der Waals surface area contributed by atoms with Gasteiger partial charge in [-0.05, 0) is 50.1 Å². The molecule has 0 unspecified atom stereocenters. The number of amides is 1. The molecule has 1 amide bonds. The number of hydrogen-bond acceptors (Lipinski definition) is 5. The van der Waals surface area contributed by atoms with Crippen molar-refractivity contribution in [2.24, 2.45) is 0 Å². The summed E-state index contributed by atoms with van der Waals surface area (Å²) in [7, 11) is 1.31. The van der Waals surface area contributed by atoms with Crippen molar-refractivity contribution in [3.05, 3.63) is 51.7 Å². The van der Waals surface area contributed by atoms with Crippen molar-refractivity contribution < 1.29 is 19.1 Å². The van der Waals surface area contributed by atoms with E-state index >= 15 is 0 Å². The summed E-state index contributed by atoms with van der Waals surface area (Å²) in [5.41, 5.74) is 2.53. The van der Waals surface area contributed by atoms with Crippen LogP contribution in [0.1, 0.15) is 38.9 Å². The summed E-state index contributed by atoms with van der Waals surface area (Å²) in [6.45, 7) is 5.91. The quantitative estimate of drug-likeness (QED) is 0.819. The number of hydrogen-bond donors (Lipinski definition) is 1. The first kappa shape index (κ1) is 18.7. The Morgan fingerprint density at radius 2 is 1.96 bits per heavy atom. The fourth-order valence-electron chi connectivity index (χ4n) is 2.26. The summed E-state index contributed by atoms with van der Waals surface area (Å²) in [6.07, 6.45) is 0. The van der Waals surface area contributed by atoms with Gasteiger partial charge in [0, 0.05) is 11.8 Å². The van der Waals surface area contributed by atoms with Gasteiger partial charge in [-0.3, -0.25) is 4.79 Å². The Kier molecular flexibility index (Phi) is 5.98. The highest BCUT2D eigenvalue weighted by molar-refractivity contribution is 6.34. The number of aryl methyl sites for hydroxylation is 1. The van der Waals surface area contributed by atoms with Crippen molar-refractivity contribution in [2.75, 3.05) is 19.0 Å². The summed E-state index contributed by atoms with van der Waals surface area (Å²) in [4.78, 5) is 28.5. The molecule has 1 heterocycles. The minimum Gasteiger partial charge on any atom is -0.478 e. The van der Waals surface area contributed by atoms with Gasteiger partial charge in [-0.15, -0.1) is 0 Å². The van der Waals surface area contributed by atoms with E-state index in [-0.39, 0.29) is 10.7 Å². The van der Waals surface area contributed by atoms with E-state index in [9.17, 15) is 9.59 Å². The van der Waals surface area contributed by atoms with E-state index in [1.807, 2.05) is 20.8 Å². The molecule has 1 N–H and O–H groups in total. The second kappa shape index (κ2) is 7.98. The van der Waals surface area contributed by atoms with Crippen molar-refractivity contribution in [3.8, 4) is 5.88 Å². The Hall–Kier alpha value is -2.60. The van der Waals surface area contributed by atoms with Crippen LogP contribution in [0.5, 0.6) is 5.88 Å². The summed E-state index contributed by atoms with van der Waals surface area (Å²) in [6, 6.07) is 6.47. The maximum absolute atomic E-state index is 12.5. The Morgan fingerprint density at radius 3 is 2.60 bits per heavy atom. The zero-order valence-electron chi connectivity index (χ0n) is 14.5. The molecule has 6 nitrogen and oxygen atoms in total. The molecule has 2 rings (SSSR count). The molecule has 1 aromatic carbocycles. The summed E-state index contributed by atoms with van der Waals surface area (Å²) in [5, 5.41) is 2.91. The Labute approximate surface area is 151 Å². The summed E-state index contributed by atoms with van der Waals surface area (Å²) in [5.74, 6) is -0.649. The first-order valence-corrected chi connectivity index (χ1v) is 8.05. The number of carbonyl (C=O) groups excluding carboxylic acids is 2. The molecule has 0 atom stereocenters. The van der Waals surface area contributed by atoms with E-state index in [0.29, 0.717) is 23.7 Å². The fourth-order valence-corrected chi connectivity index (χ4v) is 2.45. The van der Waals surface area contributed by atoms with Crippen LogP contribution in [0.3, 0.4) is 0 Å². The average molecular weight is 363 g/mol. The van der Waals surface area contributed by atoms with E-state index < -0.39 is 11.9 Å². The molecule has 0 saturated heterocycles. The predicted octanol–water partition coefficient (Wildman–Crippen LogP) is 3.79. The molecular weight excluding hydrogens is 344 g/mol. The van der Waals surface area contributed by atoms with Crippen LogP contribution in [0.2, 0.25) is 5.02 Å². The second-order valence-corrected chi connectivity index (χ2v) is 5.73. The monoisotopic (exact) mass is 362 g/mol. The van der Waals surface area contributed by atoms with Crippen LogP contribution in [0.15, 0.2) is 24.3 Å². The van der Waals surface area contributed by atoms with E-state index in [1.165, 1.54) is 7.11 Å². The molecule has 0 aliphatic rings. The highest BCUT2D eigenvalue weighted by atomic mass is 35.5. The molecule has 0 aliphatic heterocycles. The molecule has 0 fully saturated rings. The Bertz CT molecular complexity index is 821. The smallest absolute Gasteiger partial charge is 0.338 e. The lowest BCUT2D eigenvalue weighted by atomic mass is 10.0. The molecule has 1 aromatic heterocycles. The number of aromatic nitrogens is 1. The van der Waals surface area contributed by atoms with Crippen LogP contribution in [-0.2, 0) is 4.74 Å². The molecule has 0 saturated carbocycles. The number of halogens is 1. The van der Waals surface area contributed by atoms with Gasteiger partial charge in [0.25, 0.3) is 5.91 Å². The van der Waals surface area contributed by atoms with Gasteiger partial charge in [-0.1, -0.05) is 11.6 Å². The van der Waals surface area contributed by atoms with Crippen LogP contribution < -0.4 is 10.1 Å². The molecule has 0 bridgehead atoms. The van der Waals surface area contributed by atoms with Crippen molar-refractivity contribution in [2.45, 2.75) is 20.8 Å². The third-order valence-corrected chi connectivity index (χ3v) is 3.96. The standard InChI is InChI=1S/C18H19ClN2O4/c1-5-25-15-7-6-14(19)16(21-15)17(22)20-12-8-10(2)11(3)13(9-12)18(23)24-4/h6-9H,5H2,1-4H3,(H,20,22). The van der Waals surface area contributed by atoms with Gasteiger partial charge in [0.15, 0.2) is 5.69 Å². The number of anilines is 1. The highest BCUT2D eigenvalue weighted by Crippen LogP contribution is 2.23. The van der Waals surface area contributed by atoms with Gasteiger partial charge < -0.3 is 14.8 Å². The predicted molar refractivity (Wildman–Crippen MR) is 95.6 cm³/mol. The number of pyridine rings is 1. The van der Waals surface area contributed by atoms with Crippen molar-refractivity contribution in [3.63, 3.8) is 0 Å². The lowest BCUT2D eigenvalue weighted by Crippen LogP contribution is -2.16. The van der Waals surface area contributed by atoms with E-state index in [0.717, 1.165) is 11.1 Å². The minimum absolute atomic E-state index is 0.0467. The van der Waals surface area contributed by atoms with Crippen molar-refractivity contribution in [1.29, 1.82) is 0 Å². The first-order chi connectivity index (χ1) is 11.9. The fraction of sp³-hybridized carbons (Fsp3) is 0.278. The third-order valence-electron chi connectivity index (χ3n) is 3.66. The van der Waals surface area contributed by atoms with E-state index in [4.69, 9.17) is 21.1 Å². The van der Waals surface area contributed by atoms with Crippen molar-refractivity contribution in [1.82, 2.24) is 4.98 Å². The van der Waals surface area contributed by atoms with E-state index in [1.54, 1.807) is 24.3 Å². The first-order valence-electron chi connectivity index (χ1n) is 7.67. The number of nitrogens with zero attached hydrogens (tertiary/aromatic N) is 1. The maximum Gasteiger partial charge on any atom is 0.338 e. The zero-order chi connectivity index (χ0) is 18.6. The lowest BCUT2D eigenvalue weighted by Gasteiger charge is -2.12. The summed E-state index contributed by atoms with van der Waals surface area (Å²) < 4.78 is 10.1. The number of carbonyl (C=O) groups is 2. The van der Waals surface area contributed by atoms with Gasteiger partial charge >= 0.3 is 5.97 Å². The van der Waals surface area contributed by atoms with Crippen LogP contribution in [-0.4, -0.2) is 30.6 Å². The van der Waals surface area contributed by atoms with Crippen LogP contribution in [0.4, 0.5) is 5.69 Å². The minimum atomic E-state index is -0.495. The molecule has 2 aromatic rings. The van der Waals surface area contributed by atoms with Gasteiger partial charge in [0.2, 0.25) is 5.88 Å². The molecule has 132 valence electrons. The van der Waals surface area contributed by atoms with Crippen LogP contribution >= 0.6 is 11.6 Å². The van der Waals surface area contributed by atoms with Crippen LogP contribution in [0, 0.1) is 13.8 Å². The molecule has 0 spiro atoms.